The van der Waals surface area contributed by atoms with E-state index in [2.05, 4.69) is 60.2 Å². The summed E-state index contributed by atoms with van der Waals surface area (Å²) in [5.74, 6) is -1.04. The predicted molar refractivity (Wildman–Crippen MR) is 169 cm³/mol. The maximum absolute atomic E-state index is 13.4. The Kier molecular flexibility index (Phi) is 9.24. The molecule has 0 aliphatic carbocycles. The number of pyridine rings is 1. The van der Waals surface area contributed by atoms with E-state index in [1.807, 2.05) is 42.5 Å². The number of rotatable bonds is 11. The van der Waals surface area contributed by atoms with E-state index in [-0.39, 0.29) is 29.8 Å². The Balaban J connectivity index is 1.36. The molecule has 0 bridgehead atoms. The van der Waals surface area contributed by atoms with Crippen molar-refractivity contribution in [1.29, 1.82) is 0 Å². The number of nitrogens with one attached hydrogen (secondary N) is 3. The molecule has 4 unspecified atom stereocenters. The van der Waals surface area contributed by atoms with E-state index < -0.39 is 36.4 Å². The van der Waals surface area contributed by atoms with Crippen molar-refractivity contribution in [3.05, 3.63) is 114 Å². The Bertz CT molecular complexity index is 1750. The van der Waals surface area contributed by atoms with Gasteiger partial charge in [-0.15, -0.1) is 0 Å². The molecule has 5 N–H and O–H groups in total. The zero-order chi connectivity index (χ0) is 32.0. The van der Waals surface area contributed by atoms with Gasteiger partial charge in [0.15, 0.2) is 29.3 Å². The maximum Gasteiger partial charge on any atom is 0.289 e. The van der Waals surface area contributed by atoms with E-state index >= 15 is 0 Å². The fourth-order valence-electron chi connectivity index (χ4n) is 5.46. The molecule has 236 valence electrons. The summed E-state index contributed by atoms with van der Waals surface area (Å²) >= 11 is 0. The molecule has 3 aromatic heterocycles. The van der Waals surface area contributed by atoms with Crippen molar-refractivity contribution in [2.45, 2.75) is 43.9 Å². The predicted octanol–water partition coefficient (Wildman–Crippen LogP) is 2.15. The first-order valence-corrected chi connectivity index (χ1v) is 15.0. The summed E-state index contributed by atoms with van der Waals surface area (Å²) in [6.07, 6.45) is -2.47. The van der Waals surface area contributed by atoms with Gasteiger partial charge in [-0.3, -0.25) is 19.1 Å². The first kappa shape index (κ1) is 30.8. The third kappa shape index (κ3) is 6.42. The van der Waals surface area contributed by atoms with Gasteiger partial charge in [0, 0.05) is 25.2 Å². The number of fused-ring (bicyclic) bond motifs is 1. The molecule has 13 nitrogen and oxygen atoms in total. The minimum atomic E-state index is -1.49. The SMILES string of the molecule is CCNC(=O)C1OC(n2cnc3c(NCC(c4ccccc4)c4ccccc4)nc(C(=O)NCc4ccccn4)nc32)C(O)C1O. The van der Waals surface area contributed by atoms with Gasteiger partial charge in [0.05, 0.1) is 18.6 Å². The van der Waals surface area contributed by atoms with E-state index in [1.165, 1.54) is 10.9 Å². The van der Waals surface area contributed by atoms with Crippen LogP contribution in [0.1, 0.15) is 46.5 Å². The second-order valence-corrected chi connectivity index (χ2v) is 10.8. The molecule has 6 rings (SSSR count). The third-order valence-electron chi connectivity index (χ3n) is 7.78. The molecule has 2 amide bonds. The van der Waals surface area contributed by atoms with Crippen LogP contribution in [0, 0.1) is 0 Å². The normalized spacial score (nSPS) is 19.3. The molecular weight excluding hydrogens is 588 g/mol. The summed E-state index contributed by atoms with van der Waals surface area (Å²) in [5.41, 5.74) is 3.30. The van der Waals surface area contributed by atoms with Gasteiger partial charge in [-0.1, -0.05) is 66.7 Å². The number of anilines is 1. The van der Waals surface area contributed by atoms with Crippen LogP contribution >= 0.6 is 0 Å². The van der Waals surface area contributed by atoms with Crippen LogP contribution in [-0.4, -0.2) is 77.9 Å². The lowest BCUT2D eigenvalue weighted by Gasteiger charge is -2.20. The molecule has 0 radical (unpaired) electrons. The quantitative estimate of drug-likeness (QED) is 0.147. The number of aromatic nitrogens is 5. The molecule has 46 heavy (non-hydrogen) atoms. The number of amides is 2. The third-order valence-corrected chi connectivity index (χ3v) is 7.78. The van der Waals surface area contributed by atoms with Crippen molar-refractivity contribution in [1.82, 2.24) is 35.1 Å². The molecular formula is C33H34N8O5. The lowest BCUT2D eigenvalue weighted by Crippen LogP contribution is -2.42. The summed E-state index contributed by atoms with van der Waals surface area (Å²) in [7, 11) is 0. The van der Waals surface area contributed by atoms with Gasteiger partial charge in [0.1, 0.15) is 12.2 Å². The van der Waals surface area contributed by atoms with Crippen LogP contribution in [0.4, 0.5) is 5.82 Å². The number of hydrogen-bond donors (Lipinski definition) is 5. The van der Waals surface area contributed by atoms with Crippen LogP contribution < -0.4 is 16.0 Å². The van der Waals surface area contributed by atoms with Crippen LogP contribution in [0.3, 0.4) is 0 Å². The van der Waals surface area contributed by atoms with Gasteiger partial charge in [-0.2, -0.15) is 0 Å². The van der Waals surface area contributed by atoms with Crippen molar-refractivity contribution in [3.8, 4) is 0 Å². The van der Waals surface area contributed by atoms with Gasteiger partial charge in [-0.05, 0) is 30.2 Å². The van der Waals surface area contributed by atoms with Gasteiger partial charge in [0.2, 0.25) is 5.82 Å². The standard InChI is InChI=1S/C33H34N8O5/c1-2-34-31(44)27-25(42)26(43)33(46-27)41-19-38-24-28(36-18-23(20-11-5-3-6-12-20)21-13-7-4-8-14-21)39-29(40-30(24)41)32(45)37-17-22-15-9-10-16-35-22/h3-16,19,23,25-27,33,42-43H,2,17-18H2,1H3,(H,34,44)(H,37,45)(H,36,39,40). The molecule has 5 aromatic rings. The number of likely N-dealkylation sites (N-methyl/N-ethyl adjacent to an activating group) is 1. The Morgan fingerprint density at radius 2 is 1.59 bits per heavy atom. The van der Waals surface area contributed by atoms with E-state index in [0.29, 0.717) is 24.3 Å². The number of carbonyl (C=O) groups is 2. The number of aliphatic hydroxyl groups excluding tert-OH is 2. The van der Waals surface area contributed by atoms with Crippen LogP contribution in [0.2, 0.25) is 0 Å². The Labute approximate surface area is 264 Å². The summed E-state index contributed by atoms with van der Waals surface area (Å²) < 4.78 is 7.23. The minimum absolute atomic E-state index is 0.0658. The molecule has 1 fully saturated rings. The van der Waals surface area contributed by atoms with Crippen LogP contribution in [0.15, 0.2) is 91.4 Å². The molecule has 1 saturated heterocycles. The smallest absolute Gasteiger partial charge is 0.289 e. The molecule has 0 saturated carbocycles. The van der Waals surface area contributed by atoms with Crippen LogP contribution in [-0.2, 0) is 16.1 Å². The van der Waals surface area contributed by atoms with Crippen LogP contribution in [0.25, 0.3) is 11.2 Å². The summed E-state index contributed by atoms with van der Waals surface area (Å²) in [5, 5.41) is 30.3. The van der Waals surface area contributed by atoms with Gasteiger partial charge >= 0.3 is 0 Å². The first-order valence-electron chi connectivity index (χ1n) is 15.0. The maximum atomic E-state index is 13.4. The molecule has 4 atom stereocenters. The number of nitrogens with zero attached hydrogens (tertiary/aromatic N) is 5. The summed E-state index contributed by atoms with van der Waals surface area (Å²) in [6, 6.07) is 25.4. The van der Waals surface area contributed by atoms with Crippen molar-refractivity contribution < 1.29 is 24.5 Å². The van der Waals surface area contributed by atoms with E-state index in [0.717, 1.165) is 11.1 Å². The van der Waals surface area contributed by atoms with Gasteiger partial charge in [-0.25, -0.2) is 15.0 Å². The number of hydrogen-bond acceptors (Lipinski definition) is 10. The monoisotopic (exact) mass is 622 g/mol. The van der Waals surface area contributed by atoms with Crippen molar-refractivity contribution in [2.75, 3.05) is 18.4 Å². The van der Waals surface area contributed by atoms with Crippen molar-refractivity contribution in [3.63, 3.8) is 0 Å². The highest BCUT2D eigenvalue weighted by atomic mass is 16.6. The first-order chi connectivity index (χ1) is 22.4. The Morgan fingerprint density at radius 1 is 0.891 bits per heavy atom. The molecule has 1 aliphatic heterocycles. The van der Waals surface area contributed by atoms with Crippen molar-refractivity contribution >= 4 is 28.8 Å². The summed E-state index contributed by atoms with van der Waals surface area (Å²) in [6.45, 7) is 2.62. The highest BCUT2D eigenvalue weighted by Crippen LogP contribution is 2.33. The Hall–Kier alpha value is -5.24. The average Bonchev–Trinajstić information content (AvgIpc) is 3.65. The highest BCUT2D eigenvalue weighted by Gasteiger charge is 2.47. The molecule has 1 aliphatic rings. The van der Waals surface area contributed by atoms with Gasteiger partial charge < -0.3 is 30.9 Å². The highest BCUT2D eigenvalue weighted by molar-refractivity contribution is 5.94. The number of carbonyl (C=O) groups excluding carboxylic acids is 2. The fraction of sp³-hybridized carbons (Fsp3) is 0.273. The van der Waals surface area contributed by atoms with Crippen molar-refractivity contribution in [2.24, 2.45) is 0 Å². The topological polar surface area (TPSA) is 176 Å². The average molecular weight is 623 g/mol. The van der Waals surface area contributed by atoms with E-state index in [1.54, 1.807) is 25.3 Å². The van der Waals surface area contributed by atoms with E-state index in [9.17, 15) is 19.8 Å². The number of imidazole rings is 1. The number of ether oxygens (including phenoxy) is 1. The molecule has 0 spiro atoms. The van der Waals surface area contributed by atoms with E-state index in [4.69, 9.17) is 4.74 Å². The second kappa shape index (κ2) is 13.8. The lowest BCUT2D eigenvalue weighted by atomic mass is 9.91. The zero-order valence-corrected chi connectivity index (χ0v) is 25.0. The fourth-order valence-corrected chi connectivity index (χ4v) is 5.46. The summed E-state index contributed by atoms with van der Waals surface area (Å²) in [4.78, 5) is 43.7. The zero-order valence-electron chi connectivity index (χ0n) is 25.0. The number of aliphatic hydroxyl groups is 2. The molecule has 4 heterocycles. The van der Waals surface area contributed by atoms with Gasteiger partial charge in [0.25, 0.3) is 11.8 Å². The Morgan fingerprint density at radius 3 is 2.24 bits per heavy atom. The molecule has 13 heteroatoms. The largest absolute Gasteiger partial charge is 0.387 e. The number of benzene rings is 2. The lowest BCUT2D eigenvalue weighted by molar-refractivity contribution is -0.137. The van der Waals surface area contributed by atoms with Crippen LogP contribution in [0.5, 0.6) is 0 Å². The minimum Gasteiger partial charge on any atom is -0.387 e. The molecule has 2 aromatic carbocycles. The second-order valence-electron chi connectivity index (χ2n) is 10.8.